The molecule has 0 unspecified atom stereocenters. The van der Waals surface area contributed by atoms with Crippen LogP contribution >= 0.6 is 11.8 Å². The van der Waals surface area contributed by atoms with E-state index in [9.17, 15) is 5.11 Å². The topological polar surface area (TPSA) is 90.3 Å². The van der Waals surface area contributed by atoms with Gasteiger partial charge in [0, 0.05) is 45.9 Å². The van der Waals surface area contributed by atoms with Crippen LogP contribution in [0.1, 0.15) is 13.3 Å². The van der Waals surface area contributed by atoms with E-state index in [-0.39, 0.29) is 6.61 Å². The minimum Gasteiger partial charge on any atom is -0.396 e. The molecule has 0 spiro atoms. The van der Waals surface area contributed by atoms with Gasteiger partial charge in [0.25, 0.3) is 0 Å². The van der Waals surface area contributed by atoms with Crippen LogP contribution in [0.25, 0.3) is 11.0 Å². The van der Waals surface area contributed by atoms with E-state index >= 15 is 0 Å². The Hall–Kier alpha value is -1.71. The molecule has 136 valence electrons. The molecule has 1 fully saturated rings. The third kappa shape index (κ3) is 3.94. The molecule has 9 heteroatoms. The number of hydrogen-bond acceptors (Lipinski definition) is 9. The van der Waals surface area contributed by atoms with Gasteiger partial charge in [-0.2, -0.15) is 4.98 Å². The standard InChI is InChI=1S/C16H25N7OS/c1-3-22(7-4-10-24)14-12-13(15(25-2)19-11-18-12)20-16(21-14)23-8-5-17-6-9-23/h11,17,24H,3-10H2,1-2H3. The van der Waals surface area contributed by atoms with Gasteiger partial charge in [0.2, 0.25) is 5.95 Å². The molecule has 1 saturated heterocycles. The van der Waals surface area contributed by atoms with E-state index < -0.39 is 0 Å². The number of anilines is 2. The van der Waals surface area contributed by atoms with Crippen LogP contribution in [0.15, 0.2) is 11.4 Å². The van der Waals surface area contributed by atoms with Crippen molar-refractivity contribution in [2.45, 2.75) is 18.4 Å². The van der Waals surface area contributed by atoms with Crippen LogP contribution in [-0.2, 0) is 0 Å². The summed E-state index contributed by atoms with van der Waals surface area (Å²) in [5, 5.41) is 13.4. The van der Waals surface area contributed by atoms with Gasteiger partial charge in [0.05, 0.1) is 0 Å². The Morgan fingerprint density at radius 2 is 2.04 bits per heavy atom. The number of nitrogens with one attached hydrogen (secondary N) is 1. The Labute approximate surface area is 152 Å². The zero-order valence-electron chi connectivity index (χ0n) is 14.8. The summed E-state index contributed by atoms with van der Waals surface area (Å²) in [6.45, 7) is 7.41. The fraction of sp³-hybridized carbons (Fsp3) is 0.625. The fourth-order valence-electron chi connectivity index (χ4n) is 2.95. The van der Waals surface area contributed by atoms with Crippen molar-refractivity contribution in [3.8, 4) is 0 Å². The van der Waals surface area contributed by atoms with Crippen LogP contribution in [0.2, 0.25) is 0 Å². The molecular formula is C16H25N7OS. The first-order valence-corrected chi connectivity index (χ1v) is 9.89. The van der Waals surface area contributed by atoms with Crippen molar-refractivity contribution in [2.75, 3.05) is 61.9 Å². The molecule has 0 atom stereocenters. The molecule has 8 nitrogen and oxygen atoms in total. The number of piperazine rings is 1. The van der Waals surface area contributed by atoms with E-state index in [1.165, 1.54) is 0 Å². The third-order valence-electron chi connectivity index (χ3n) is 4.28. The summed E-state index contributed by atoms with van der Waals surface area (Å²) in [4.78, 5) is 22.8. The molecule has 25 heavy (non-hydrogen) atoms. The number of thioether (sulfide) groups is 1. The number of nitrogens with zero attached hydrogens (tertiary/aromatic N) is 6. The van der Waals surface area contributed by atoms with Crippen molar-refractivity contribution in [3.05, 3.63) is 6.33 Å². The van der Waals surface area contributed by atoms with Gasteiger partial charge in [-0.05, 0) is 19.6 Å². The normalized spacial score (nSPS) is 14.9. The van der Waals surface area contributed by atoms with E-state index in [2.05, 4.69) is 32.0 Å². The van der Waals surface area contributed by atoms with E-state index in [0.29, 0.717) is 6.42 Å². The zero-order valence-corrected chi connectivity index (χ0v) is 15.6. The number of aliphatic hydroxyl groups is 1. The highest BCUT2D eigenvalue weighted by molar-refractivity contribution is 7.98. The first kappa shape index (κ1) is 18.1. The van der Waals surface area contributed by atoms with Crippen LogP contribution in [0.4, 0.5) is 11.8 Å². The monoisotopic (exact) mass is 363 g/mol. The second kappa shape index (κ2) is 8.59. The molecule has 2 N–H and O–H groups in total. The molecule has 3 rings (SSSR count). The second-order valence-electron chi connectivity index (χ2n) is 5.82. The zero-order chi connectivity index (χ0) is 17.6. The van der Waals surface area contributed by atoms with Crippen molar-refractivity contribution >= 4 is 34.6 Å². The lowest BCUT2D eigenvalue weighted by Gasteiger charge is -2.29. The van der Waals surface area contributed by atoms with Crippen LogP contribution < -0.4 is 15.1 Å². The number of rotatable bonds is 7. The molecule has 1 aliphatic rings. The molecule has 0 saturated carbocycles. The molecule has 0 amide bonds. The predicted octanol–water partition coefficient (Wildman–Crippen LogP) is 0.760. The van der Waals surface area contributed by atoms with Gasteiger partial charge in [-0.15, -0.1) is 11.8 Å². The highest BCUT2D eigenvalue weighted by atomic mass is 32.2. The van der Waals surface area contributed by atoms with Crippen LogP contribution in [0.5, 0.6) is 0 Å². The number of hydrogen-bond donors (Lipinski definition) is 2. The average molecular weight is 363 g/mol. The molecule has 0 aliphatic carbocycles. The highest BCUT2D eigenvalue weighted by Gasteiger charge is 2.21. The van der Waals surface area contributed by atoms with E-state index in [1.54, 1.807) is 18.1 Å². The van der Waals surface area contributed by atoms with Crippen LogP contribution in [0.3, 0.4) is 0 Å². The maximum absolute atomic E-state index is 9.21. The molecule has 0 bridgehead atoms. The Kier molecular flexibility index (Phi) is 6.22. The van der Waals surface area contributed by atoms with Crippen molar-refractivity contribution in [1.82, 2.24) is 25.3 Å². The average Bonchev–Trinajstić information content (AvgIpc) is 2.68. The van der Waals surface area contributed by atoms with Crippen molar-refractivity contribution in [1.29, 1.82) is 0 Å². The second-order valence-corrected chi connectivity index (χ2v) is 6.62. The van der Waals surface area contributed by atoms with Gasteiger partial charge in [-0.25, -0.2) is 15.0 Å². The summed E-state index contributed by atoms with van der Waals surface area (Å²) < 4.78 is 0. The first-order valence-electron chi connectivity index (χ1n) is 8.66. The maximum Gasteiger partial charge on any atom is 0.228 e. The van der Waals surface area contributed by atoms with Gasteiger partial charge in [-0.1, -0.05) is 0 Å². The summed E-state index contributed by atoms with van der Waals surface area (Å²) >= 11 is 1.57. The predicted molar refractivity (Wildman–Crippen MR) is 102 cm³/mol. The van der Waals surface area contributed by atoms with Crippen molar-refractivity contribution < 1.29 is 5.11 Å². The van der Waals surface area contributed by atoms with Gasteiger partial charge in [0.15, 0.2) is 5.82 Å². The Morgan fingerprint density at radius 1 is 1.24 bits per heavy atom. The van der Waals surface area contributed by atoms with Crippen LogP contribution in [-0.4, -0.2) is 77.2 Å². The summed E-state index contributed by atoms with van der Waals surface area (Å²) in [6, 6.07) is 0. The molecule has 2 aromatic rings. The summed E-state index contributed by atoms with van der Waals surface area (Å²) in [7, 11) is 0. The molecule has 1 aliphatic heterocycles. The molecule has 3 heterocycles. The molecule has 0 aromatic carbocycles. The Bertz CT molecular complexity index is 708. The largest absolute Gasteiger partial charge is 0.396 e. The lowest BCUT2D eigenvalue weighted by atomic mass is 10.3. The quantitative estimate of drug-likeness (QED) is 0.546. The van der Waals surface area contributed by atoms with E-state index in [4.69, 9.17) is 9.97 Å². The van der Waals surface area contributed by atoms with E-state index in [0.717, 1.165) is 67.1 Å². The van der Waals surface area contributed by atoms with Gasteiger partial charge in [0.1, 0.15) is 22.4 Å². The van der Waals surface area contributed by atoms with Gasteiger partial charge >= 0.3 is 0 Å². The molecular weight excluding hydrogens is 338 g/mol. The maximum atomic E-state index is 9.21. The first-order chi connectivity index (χ1) is 12.3. The molecule has 0 radical (unpaired) electrons. The number of aliphatic hydroxyl groups excluding tert-OH is 1. The number of aromatic nitrogens is 4. The molecule has 2 aromatic heterocycles. The Morgan fingerprint density at radius 3 is 2.72 bits per heavy atom. The van der Waals surface area contributed by atoms with Crippen LogP contribution in [0, 0.1) is 0 Å². The van der Waals surface area contributed by atoms with Crippen molar-refractivity contribution in [3.63, 3.8) is 0 Å². The SMILES string of the molecule is CCN(CCCO)c1nc(N2CCNCC2)nc2c(SC)ncnc12. The van der Waals surface area contributed by atoms with Gasteiger partial charge < -0.3 is 20.2 Å². The highest BCUT2D eigenvalue weighted by Crippen LogP contribution is 2.29. The summed E-state index contributed by atoms with van der Waals surface area (Å²) in [5.74, 6) is 1.56. The minimum absolute atomic E-state index is 0.162. The van der Waals surface area contributed by atoms with E-state index in [1.807, 2.05) is 6.26 Å². The lowest BCUT2D eigenvalue weighted by Crippen LogP contribution is -2.44. The Balaban J connectivity index is 2.11. The van der Waals surface area contributed by atoms with Crippen molar-refractivity contribution in [2.24, 2.45) is 0 Å². The summed E-state index contributed by atoms with van der Waals surface area (Å²) in [6.07, 6.45) is 4.27. The number of fused-ring (bicyclic) bond motifs is 1. The smallest absolute Gasteiger partial charge is 0.228 e. The third-order valence-corrected chi connectivity index (χ3v) is 4.96. The lowest BCUT2D eigenvalue weighted by molar-refractivity contribution is 0.289. The fourth-order valence-corrected chi connectivity index (χ4v) is 3.44. The van der Waals surface area contributed by atoms with Gasteiger partial charge in [-0.3, -0.25) is 0 Å². The minimum atomic E-state index is 0.162. The summed E-state index contributed by atoms with van der Waals surface area (Å²) in [5.41, 5.74) is 1.58.